The first-order valence-corrected chi connectivity index (χ1v) is 6.21. The molecule has 0 fully saturated rings. The van der Waals surface area contributed by atoms with Crippen molar-refractivity contribution < 1.29 is 5.11 Å². The SMILES string of the molecule is Cc1cccc([C@H](N)[C@H](O)Cc2ccccc2)c1. The standard InChI is InChI=1S/C16H19NO/c1-12-6-5-9-14(10-12)16(17)15(18)11-13-7-3-2-4-8-13/h2-10,15-16,18H,11,17H2,1H3/t15-,16+/m1/s1. The van der Waals surface area contributed by atoms with E-state index in [1.54, 1.807) is 0 Å². The molecule has 2 atom stereocenters. The summed E-state index contributed by atoms with van der Waals surface area (Å²) in [5.74, 6) is 0. The van der Waals surface area contributed by atoms with E-state index in [-0.39, 0.29) is 6.04 Å². The Morgan fingerprint density at radius 3 is 2.44 bits per heavy atom. The molecule has 2 rings (SSSR count). The summed E-state index contributed by atoms with van der Waals surface area (Å²) in [6.45, 7) is 2.03. The lowest BCUT2D eigenvalue weighted by Gasteiger charge is -2.19. The molecule has 0 heterocycles. The zero-order valence-corrected chi connectivity index (χ0v) is 10.6. The van der Waals surface area contributed by atoms with Crippen LogP contribution in [-0.4, -0.2) is 11.2 Å². The fraction of sp³-hybridized carbons (Fsp3) is 0.250. The maximum atomic E-state index is 10.2. The Bertz CT molecular complexity index is 495. The summed E-state index contributed by atoms with van der Waals surface area (Å²) in [4.78, 5) is 0. The highest BCUT2D eigenvalue weighted by atomic mass is 16.3. The van der Waals surface area contributed by atoms with Crippen molar-refractivity contribution in [3.8, 4) is 0 Å². The maximum absolute atomic E-state index is 10.2. The van der Waals surface area contributed by atoms with Gasteiger partial charge in [-0.05, 0) is 18.1 Å². The van der Waals surface area contributed by atoms with Gasteiger partial charge in [-0.1, -0.05) is 60.2 Å². The fourth-order valence-corrected chi connectivity index (χ4v) is 2.08. The maximum Gasteiger partial charge on any atom is 0.0773 e. The number of aryl methyl sites for hydroxylation is 1. The van der Waals surface area contributed by atoms with Crippen LogP contribution in [0.5, 0.6) is 0 Å². The van der Waals surface area contributed by atoms with E-state index in [1.165, 1.54) is 0 Å². The molecule has 2 nitrogen and oxygen atoms in total. The third-order valence-electron chi connectivity index (χ3n) is 3.13. The first-order chi connectivity index (χ1) is 8.66. The van der Waals surface area contributed by atoms with Crippen LogP contribution >= 0.6 is 0 Å². The predicted molar refractivity (Wildman–Crippen MR) is 74.3 cm³/mol. The van der Waals surface area contributed by atoms with Crippen molar-refractivity contribution in [3.63, 3.8) is 0 Å². The van der Waals surface area contributed by atoms with Crippen molar-refractivity contribution in [1.82, 2.24) is 0 Å². The molecule has 0 spiro atoms. The van der Waals surface area contributed by atoms with Crippen molar-refractivity contribution in [2.24, 2.45) is 5.73 Å². The molecular formula is C16H19NO. The highest BCUT2D eigenvalue weighted by Gasteiger charge is 2.17. The minimum absolute atomic E-state index is 0.342. The average Bonchev–Trinajstić information content (AvgIpc) is 2.39. The Hall–Kier alpha value is -1.64. The van der Waals surface area contributed by atoms with Crippen LogP contribution in [0.3, 0.4) is 0 Å². The molecule has 0 aromatic heterocycles. The Morgan fingerprint density at radius 1 is 1.06 bits per heavy atom. The van der Waals surface area contributed by atoms with Crippen LogP contribution in [0.4, 0.5) is 0 Å². The Kier molecular flexibility index (Phi) is 4.13. The molecule has 3 N–H and O–H groups in total. The van der Waals surface area contributed by atoms with Gasteiger partial charge < -0.3 is 10.8 Å². The van der Waals surface area contributed by atoms with Crippen LogP contribution in [0.25, 0.3) is 0 Å². The fourth-order valence-electron chi connectivity index (χ4n) is 2.08. The van der Waals surface area contributed by atoms with Gasteiger partial charge in [-0.2, -0.15) is 0 Å². The van der Waals surface area contributed by atoms with E-state index in [9.17, 15) is 5.11 Å². The number of aliphatic hydroxyl groups excluding tert-OH is 1. The molecule has 0 aliphatic carbocycles. The molecule has 0 saturated carbocycles. The second-order valence-electron chi connectivity index (χ2n) is 4.70. The number of hydrogen-bond donors (Lipinski definition) is 2. The third-order valence-corrected chi connectivity index (χ3v) is 3.13. The molecule has 18 heavy (non-hydrogen) atoms. The van der Waals surface area contributed by atoms with E-state index >= 15 is 0 Å². The second kappa shape index (κ2) is 5.80. The first kappa shape index (κ1) is 12.8. The molecule has 2 aromatic rings. The quantitative estimate of drug-likeness (QED) is 0.864. The number of rotatable bonds is 4. The molecule has 2 heteroatoms. The second-order valence-corrected chi connectivity index (χ2v) is 4.70. The molecule has 0 aliphatic rings. The van der Waals surface area contributed by atoms with Gasteiger partial charge in [0.25, 0.3) is 0 Å². The lowest BCUT2D eigenvalue weighted by atomic mass is 9.96. The van der Waals surface area contributed by atoms with E-state index < -0.39 is 6.10 Å². The van der Waals surface area contributed by atoms with Gasteiger partial charge in [-0.15, -0.1) is 0 Å². The summed E-state index contributed by atoms with van der Waals surface area (Å²) in [5, 5.41) is 10.2. The summed E-state index contributed by atoms with van der Waals surface area (Å²) in [7, 11) is 0. The number of aliphatic hydroxyl groups is 1. The molecule has 0 bridgehead atoms. The van der Waals surface area contributed by atoms with Gasteiger partial charge in [-0.3, -0.25) is 0 Å². The van der Waals surface area contributed by atoms with Crippen LogP contribution in [-0.2, 0) is 6.42 Å². The monoisotopic (exact) mass is 241 g/mol. The van der Waals surface area contributed by atoms with Gasteiger partial charge in [0, 0.05) is 6.42 Å². The van der Waals surface area contributed by atoms with E-state index in [0.717, 1.165) is 16.7 Å². The van der Waals surface area contributed by atoms with Gasteiger partial charge in [0.05, 0.1) is 12.1 Å². The average molecular weight is 241 g/mol. The normalized spacial score (nSPS) is 14.2. The van der Waals surface area contributed by atoms with Crippen LogP contribution in [0.2, 0.25) is 0 Å². The molecule has 94 valence electrons. The minimum atomic E-state index is -0.561. The predicted octanol–water partition coefficient (Wildman–Crippen LogP) is 2.60. The van der Waals surface area contributed by atoms with Gasteiger partial charge in [-0.25, -0.2) is 0 Å². The first-order valence-electron chi connectivity index (χ1n) is 6.21. The van der Waals surface area contributed by atoms with Crippen LogP contribution in [0, 0.1) is 6.92 Å². The highest BCUT2D eigenvalue weighted by Crippen LogP contribution is 2.18. The molecule has 0 unspecified atom stereocenters. The Labute approximate surface area is 108 Å². The van der Waals surface area contributed by atoms with Crippen molar-refractivity contribution in [1.29, 1.82) is 0 Å². The van der Waals surface area contributed by atoms with Gasteiger partial charge in [0.15, 0.2) is 0 Å². The molecule has 2 aromatic carbocycles. The van der Waals surface area contributed by atoms with Crippen molar-refractivity contribution in [3.05, 3.63) is 71.3 Å². The summed E-state index contributed by atoms with van der Waals surface area (Å²) >= 11 is 0. The third kappa shape index (κ3) is 3.19. The van der Waals surface area contributed by atoms with E-state index in [1.807, 2.05) is 61.5 Å². The summed E-state index contributed by atoms with van der Waals surface area (Å²) < 4.78 is 0. The van der Waals surface area contributed by atoms with E-state index in [2.05, 4.69) is 0 Å². The highest BCUT2D eigenvalue weighted by molar-refractivity contribution is 5.26. The Balaban J connectivity index is 2.07. The van der Waals surface area contributed by atoms with Crippen LogP contribution in [0.15, 0.2) is 54.6 Å². The topological polar surface area (TPSA) is 46.2 Å². The van der Waals surface area contributed by atoms with Crippen molar-refractivity contribution in [2.75, 3.05) is 0 Å². The zero-order valence-electron chi connectivity index (χ0n) is 10.6. The minimum Gasteiger partial charge on any atom is -0.391 e. The van der Waals surface area contributed by atoms with E-state index in [4.69, 9.17) is 5.73 Å². The summed E-state index contributed by atoms with van der Waals surface area (Å²) in [6, 6.07) is 17.6. The molecule has 0 radical (unpaired) electrons. The lowest BCUT2D eigenvalue weighted by molar-refractivity contribution is 0.145. The van der Waals surface area contributed by atoms with Crippen LogP contribution < -0.4 is 5.73 Å². The molecule has 0 saturated heterocycles. The summed E-state index contributed by atoms with van der Waals surface area (Å²) in [6.07, 6.45) is 0.0184. The van der Waals surface area contributed by atoms with Gasteiger partial charge in [0.2, 0.25) is 0 Å². The van der Waals surface area contributed by atoms with E-state index in [0.29, 0.717) is 6.42 Å². The zero-order chi connectivity index (χ0) is 13.0. The smallest absolute Gasteiger partial charge is 0.0773 e. The molecule has 0 aliphatic heterocycles. The van der Waals surface area contributed by atoms with Gasteiger partial charge in [0.1, 0.15) is 0 Å². The molecule has 0 amide bonds. The van der Waals surface area contributed by atoms with Crippen LogP contribution in [0.1, 0.15) is 22.7 Å². The number of benzene rings is 2. The summed E-state index contributed by atoms with van der Waals surface area (Å²) in [5.41, 5.74) is 9.36. The largest absolute Gasteiger partial charge is 0.391 e. The number of nitrogens with two attached hydrogens (primary N) is 1. The van der Waals surface area contributed by atoms with Crippen molar-refractivity contribution >= 4 is 0 Å². The number of hydrogen-bond acceptors (Lipinski definition) is 2. The lowest BCUT2D eigenvalue weighted by Crippen LogP contribution is -2.28. The van der Waals surface area contributed by atoms with Crippen molar-refractivity contribution in [2.45, 2.75) is 25.5 Å². The van der Waals surface area contributed by atoms with Gasteiger partial charge >= 0.3 is 0 Å². The molecular weight excluding hydrogens is 222 g/mol. The Morgan fingerprint density at radius 2 is 1.78 bits per heavy atom.